The number of rotatable bonds is 5. The van der Waals surface area contributed by atoms with Crippen molar-refractivity contribution >= 4 is 17.5 Å². The maximum absolute atomic E-state index is 12.3. The van der Waals surface area contributed by atoms with Gasteiger partial charge in [0.2, 0.25) is 0 Å². The molecular weight excluding hydrogens is 268 g/mol. The summed E-state index contributed by atoms with van der Waals surface area (Å²) in [6.07, 6.45) is 0. The van der Waals surface area contributed by atoms with Gasteiger partial charge in [0.15, 0.2) is 5.78 Å². The molecule has 3 heteroatoms. The first-order valence-corrected chi connectivity index (χ1v) is 7.46. The highest BCUT2D eigenvalue weighted by Gasteiger charge is 2.11. The van der Waals surface area contributed by atoms with Crippen LogP contribution in [0.3, 0.4) is 0 Å². The molecule has 20 heavy (non-hydrogen) atoms. The van der Waals surface area contributed by atoms with Crippen molar-refractivity contribution in [1.82, 2.24) is 0 Å². The molecule has 0 amide bonds. The van der Waals surface area contributed by atoms with E-state index < -0.39 is 0 Å². The van der Waals surface area contributed by atoms with Crippen molar-refractivity contribution in [3.63, 3.8) is 0 Å². The van der Waals surface area contributed by atoms with Gasteiger partial charge in [0, 0.05) is 10.5 Å². The lowest BCUT2D eigenvalue weighted by Crippen LogP contribution is -2.05. The normalized spacial score (nSPS) is 10.3. The van der Waals surface area contributed by atoms with E-state index in [4.69, 9.17) is 4.74 Å². The van der Waals surface area contributed by atoms with E-state index in [9.17, 15) is 4.79 Å². The summed E-state index contributed by atoms with van der Waals surface area (Å²) in [6.45, 7) is 3.98. The van der Waals surface area contributed by atoms with Crippen LogP contribution in [0, 0.1) is 13.8 Å². The van der Waals surface area contributed by atoms with Crippen molar-refractivity contribution in [2.75, 3.05) is 12.9 Å². The zero-order chi connectivity index (χ0) is 14.5. The fourth-order valence-corrected chi connectivity index (χ4v) is 2.91. The Kier molecular flexibility index (Phi) is 4.85. The molecule has 0 spiro atoms. The monoisotopic (exact) mass is 286 g/mol. The average molecular weight is 286 g/mol. The standard InChI is InChI=1S/C17H18O2S/c1-12-8-9-13(2)14(10-12)15(18)11-20-17-7-5-4-6-16(17)19-3/h4-10H,11H2,1-3H3. The number of benzene rings is 2. The largest absolute Gasteiger partial charge is 0.496 e. The number of ketones is 1. The Balaban J connectivity index is 2.11. The van der Waals surface area contributed by atoms with Crippen molar-refractivity contribution in [2.45, 2.75) is 18.7 Å². The highest BCUT2D eigenvalue weighted by molar-refractivity contribution is 8.00. The van der Waals surface area contributed by atoms with Crippen LogP contribution in [0.1, 0.15) is 21.5 Å². The van der Waals surface area contributed by atoms with Gasteiger partial charge in [-0.1, -0.05) is 29.8 Å². The molecule has 0 atom stereocenters. The molecule has 0 bridgehead atoms. The zero-order valence-electron chi connectivity index (χ0n) is 12.0. The van der Waals surface area contributed by atoms with Crippen LogP contribution in [0.5, 0.6) is 5.75 Å². The SMILES string of the molecule is COc1ccccc1SCC(=O)c1cc(C)ccc1C. The fraction of sp³-hybridized carbons (Fsp3) is 0.235. The predicted molar refractivity (Wildman–Crippen MR) is 84.0 cm³/mol. The quantitative estimate of drug-likeness (QED) is 0.606. The molecule has 2 rings (SSSR count). The van der Waals surface area contributed by atoms with Crippen LogP contribution in [0.4, 0.5) is 0 Å². The molecule has 0 aliphatic carbocycles. The second kappa shape index (κ2) is 6.62. The van der Waals surface area contributed by atoms with E-state index in [1.165, 1.54) is 11.8 Å². The number of hydrogen-bond acceptors (Lipinski definition) is 3. The lowest BCUT2D eigenvalue weighted by atomic mass is 10.0. The number of thioether (sulfide) groups is 1. The van der Waals surface area contributed by atoms with Crippen LogP contribution in [-0.2, 0) is 0 Å². The van der Waals surface area contributed by atoms with Gasteiger partial charge >= 0.3 is 0 Å². The first kappa shape index (κ1) is 14.7. The minimum Gasteiger partial charge on any atom is -0.496 e. The van der Waals surface area contributed by atoms with Gasteiger partial charge in [-0.25, -0.2) is 0 Å². The van der Waals surface area contributed by atoms with Crippen molar-refractivity contribution in [3.05, 3.63) is 59.2 Å². The number of para-hydroxylation sites is 1. The molecule has 0 radical (unpaired) electrons. The Bertz CT molecular complexity index is 620. The summed E-state index contributed by atoms with van der Waals surface area (Å²) in [5.74, 6) is 1.39. The molecule has 0 fully saturated rings. The average Bonchev–Trinajstić information content (AvgIpc) is 2.47. The summed E-state index contributed by atoms with van der Waals surface area (Å²) < 4.78 is 5.29. The van der Waals surface area contributed by atoms with Gasteiger partial charge in [-0.15, -0.1) is 11.8 Å². The number of ether oxygens (including phenoxy) is 1. The number of aryl methyl sites for hydroxylation is 2. The number of methoxy groups -OCH3 is 1. The third kappa shape index (κ3) is 3.42. The first-order chi connectivity index (χ1) is 9.61. The Hall–Kier alpha value is -1.74. The Labute approximate surface area is 124 Å². The minimum absolute atomic E-state index is 0.155. The van der Waals surface area contributed by atoms with E-state index in [-0.39, 0.29) is 5.78 Å². The summed E-state index contributed by atoms with van der Waals surface area (Å²) in [7, 11) is 1.64. The molecule has 2 aromatic carbocycles. The van der Waals surface area contributed by atoms with E-state index in [1.54, 1.807) is 7.11 Å². The Morgan fingerprint density at radius 3 is 2.65 bits per heavy atom. The van der Waals surface area contributed by atoms with E-state index in [0.29, 0.717) is 5.75 Å². The van der Waals surface area contributed by atoms with Gasteiger partial charge in [-0.2, -0.15) is 0 Å². The molecular formula is C17H18O2S. The van der Waals surface area contributed by atoms with Gasteiger partial charge in [0.05, 0.1) is 12.9 Å². The minimum atomic E-state index is 0.155. The molecule has 0 aliphatic rings. The summed E-state index contributed by atoms with van der Waals surface area (Å²) in [4.78, 5) is 13.3. The highest BCUT2D eigenvalue weighted by atomic mass is 32.2. The van der Waals surface area contributed by atoms with Gasteiger partial charge in [0.25, 0.3) is 0 Å². The third-order valence-electron chi connectivity index (χ3n) is 3.12. The molecule has 2 aromatic rings. The molecule has 104 valence electrons. The van der Waals surface area contributed by atoms with Crippen LogP contribution >= 0.6 is 11.8 Å². The van der Waals surface area contributed by atoms with Gasteiger partial charge in [-0.3, -0.25) is 4.79 Å². The van der Waals surface area contributed by atoms with E-state index in [0.717, 1.165) is 27.3 Å². The molecule has 0 heterocycles. The zero-order valence-corrected chi connectivity index (χ0v) is 12.8. The maximum atomic E-state index is 12.3. The summed E-state index contributed by atoms with van der Waals surface area (Å²) in [5.41, 5.74) is 2.95. The summed E-state index contributed by atoms with van der Waals surface area (Å²) in [6, 6.07) is 13.7. The smallest absolute Gasteiger partial charge is 0.173 e. The van der Waals surface area contributed by atoms with Crippen molar-refractivity contribution in [1.29, 1.82) is 0 Å². The van der Waals surface area contributed by atoms with E-state index in [2.05, 4.69) is 0 Å². The molecule has 0 N–H and O–H groups in total. The lowest BCUT2D eigenvalue weighted by Gasteiger charge is -2.09. The van der Waals surface area contributed by atoms with Gasteiger partial charge in [0.1, 0.15) is 5.75 Å². The summed E-state index contributed by atoms with van der Waals surface area (Å²) in [5, 5.41) is 0. The van der Waals surface area contributed by atoms with Crippen molar-refractivity contribution in [3.8, 4) is 5.75 Å². The van der Waals surface area contributed by atoms with Gasteiger partial charge < -0.3 is 4.74 Å². The van der Waals surface area contributed by atoms with Crippen LogP contribution in [0.15, 0.2) is 47.4 Å². The van der Waals surface area contributed by atoms with Gasteiger partial charge in [-0.05, 0) is 37.6 Å². The predicted octanol–water partition coefficient (Wildman–Crippen LogP) is 4.29. The number of carbonyl (C=O) groups is 1. The Morgan fingerprint density at radius 1 is 1.15 bits per heavy atom. The molecule has 0 unspecified atom stereocenters. The second-order valence-electron chi connectivity index (χ2n) is 4.68. The highest BCUT2D eigenvalue weighted by Crippen LogP contribution is 2.29. The van der Waals surface area contributed by atoms with Crippen molar-refractivity contribution < 1.29 is 9.53 Å². The van der Waals surface area contributed by atoms with Crippen LogP contribution in [0.2, 0.25) is 0 Å². The molecule has 2 nitrogen and oxygen atoms in total. The van der Waals surface area contributed by atoms with Crippen LogP contribution in [-0.4, -0.2) is 18.6 Å². The van der Waals surface area contributed by atoms with Crippen LogP contribution in [0.25, 0.3) is 0 Å². The molecule has 0 saturated carbocycles. The number of hydrogen-bond donors (Lipinski definition) is 0. The topological polar surface area (TPSA) is 26.3 Å². The molecule has 0 aliphatic heterocycles. The van der Waals surface area contributed by atoms with E-state index in [1.807, 2.05) is 56.3 Å². The fourth-order valence-electron chi connectivity index (χ4n) is 2.00. The van der Waals surface area contributed by atoms with E-state index >= 15 is 0 Å². The Morgan fingerprint density at radius 2 is 1.90 bits per heavy atom. The maximum Gasteiger partial charge on any atom is 0.173 e. The number of carbonyl (C=O) groups excluding carboxylic acids is 1. The summed E-state index contributed by atoms with van der Waals surface area (Å²) >= 11 is 1.51. The van der Waals surface area contributed by atoms with Crippen molar-refractivity contribution in [2.24, 2.45) is 0 Å². The lowest BCUT2D eigenvalue weighted by molar-refractivity contribution is 0.102. The van der Waals surface area contributed by atoms with Crippen LogP contribution < -0.4 is 4.74 Å². The molecule has 0 saturated heterocycles. The molecule has 0 aromatic heterocycles. The first-order valence-electron chi connectivity index (χ1n) is 6.48. The third-order valence-corrected chi connectivity index (χ3v) is 4.18. The second-order valence-corrected chi connectivity index (χ2v) is 5.70. The number of Topliss-reactive ketones (excluding diaryl/α,β-unsaturated/α-hetero) is 1.